The van der Waals surface area contributed by atoms with Crippen LogP contribution in [0.3, 0.4) is 0 Å². The number of nitrogens with one attached hydrogen (secondary N) is 1. The number of nitrogens with zero attached hydrogens (tertiary/aromatic N) is 1. The van der Waals surface area contributed by atoms with Crippen molar-refractivity contribution in [1.29, 1.82) is 0 Å². The number of hydrogen-bond donors (Lipinski definition) is 1. The molecule has 2 rings (SSSR count). The molecule has 1 heterocycles. The van der Waals surface area contributed by atoms with Gasteiger partial charge in [-0.1, -0.05) is 11.8 Å². The summed E-state index contributed by atoms with van der Waals surface area (Å²) in [5.41, 5.74) is 0.815. The number of carbonyl (C=O) groups is 1. The Labute approximate surface area is 134 Å². The molecule has 0 saturated carbocycles. The summed E-state index contributed by atoms with van der Waals surface area (Å²) in [4.78, 5) is 16.0. The topological polar surface area (TPSA) is 59.9 Å². The fraction of sp³-hybridized carbons (Fsp3) is 0.375. The van der Waals surface area contributed by atoms with Gasteiger partial charge in [0.2, 0.25) is 5.91 Å². The minimum absolute atomic E-state index is 0.0987. The quantitative estimate of drug-likeness (QED) is 0.848. The van der Waals surface area contributed by atoms with Crippen molar-refractivity contribution in [3.63, 3.8) is 0 Å². The normalized spacial score (nSPS) is 14.3. The molecular weight excluding hydrogens is 300 g/mol. The molecule has 1 N–H and O–H groups in total. The summed E-state index contributed by atoms with van der Waals surface area (Å²) in [7, 11) is 1.59. The van der Waals surface area contributed by atoms with Crippen molar-refractivity contribution in [2.24, 2.45) is 4.99 Å². The van der Waals surface area contributed by atoms with Gasteiger partial charge in [0.15, 0.2) is 5.17 Å². The van der Waals surface area contributed by atoms with Crippen molar-refractivity contribution in [3.05, 3.63) is 29.8 Å². The second kappa shape index (κ2) is 7.89. The van der Waals surface area contributed by atoms with E-state index in [2.05, 4.69) is 10.3 Å². The molecule has 1 aromatic carbocycles. The average molecular weight is 320 g/mol. The summed E-state index contributed by atoms with van der Waals surface area (Å²) >= 11 is 1.55. The molecule has 0 spiro atoms. The molecule has 0 radical (unpaired) electrons. The Bertz CT molecular complexity index is 597. The average Bonchev–Trinajstić information content (AvgIpc) is 2.98. The predicted molar refractivity (Wildman–Crippen MR) is 90.7 cm³/mol. The van der Waals surface area contributed by atoms with E-state index in [9.17, 15) is 4.79 Å². The van der Waals surface area contributed by atoms with Gasteiger partial charge < -0.3 is 14.8 Å². The second-order valence-electron chi connectivity index (χ2n) is 4.93. The number of ether oxygens (including phenoxy) is 2. The van der Waals surface area contributed by atoms with E-state index in [1.54, 1.807) is 24.9 Å². The van der Waals surface area contributed by atoms with Gasteiger partial charge in [-0.25, -0.2) is 0 Å². The van der Waals surface area contributed by atoms with Crippen LogP contribution in [-0.2, 0) is 4.79 Å². The Balaban J connectivity index is 2.04. The predicted octanol–water partition coefficient (Wildman–Crippen LogP) is 2.71. The first-order valence-electron chi connectivity index (χ1n) is 7.09. The van der Waals surface area contributed by atoms with Crippen LogP contribution in [-0.4, -0.2) is 36.6 Å². The van der Waals surface area contributed by atoms with Crippen LogP contribution in [0.5, 0.6) is 11.5 Å². The molecule has 1 aromatic rings. The van der Waals surface area contributed by atoms with Gasteiger partial charge in [0.25, 0.3) is 0 Å². The van der Waals surface area contributed by atoms with Crippen LogP contribution >= 0.6 is 11.8 Å². The maximum Gasteiger partial charge on any atom is 0.249 e. The van der Waals surface area contributed by atoms with Crippen LogP contribution in [0.2, 0.25) is 0 Å². The lowest BCUT2D eigenvalue weighted by atomic mass is 10.1. The zero-order chi connectivity index (χ0) is 15.9. The number of benzene rings is 1. The standard InChI is InChI=1S/C16H20N2O3S/c1-11(2)21-13-6-4-12(14(10-13)20-3)5-7-15(19)18-16-17-8-9-22-16/h4-7,10-11H,8-9H2,1-3H3,(H,17,18,19)/b7-5+. The summed E-state index contributed by atoms with van der Waals surface area (Å²) in [5, 5.41) is 3.43. The second-order valence-corrected chi connectivity index (χ2v) is 6.01. The van der Waals surface area contributed by atoms with Gasteiger partial charge in [-0.2, -0.15) is 0 Å². The van der Waals surface area contributed by atoms with E-state index in [-0.39, 0.29) is 12.0 Å². The van der Waals surface area contributed by atoms with E-state index in [1.165, 1.54) is 6.08 Å². The Hall–Kier alpha value is -1.95. The SMILES string of the molecule is COc1cc(OC(C)C)ccc1/C=C/C(=O)NC1=NCCS1. The molecule has 0 bridgehead atoms. The summed E-state index contributed by atoms with van der Waals surface area (Å²) in [6, 6.07) is 5.54. The first-order valence-corrected chi connectivity index (χ1v) is 8.08. The summed E-state index contributed by atoms with van der Waals surface area (Å²) in [6.07, 6.45) is 3.29. The Morgan fingerprint density at radius 1 is 1.45 bits per heavy atom. The molecule has 0 aromatic heterocycles. The monoisotopic (exact) mass is 320 g/mol. The maximum atomic E-state index is 11.8. The van der Waals surface area contributed by atoms with Crippen LogP contribution in [0.25, 0.3) is 6.08 Å². The molecule has 0 atom stereocenters. The fourth-order valence-electron chi connectivity index (χ4n) is 1.90. The lowest BCUT2D eigenvalue weighted by molar-refractivity contribution is -0.115. The molecule has 0 unspecified atom stereocenters. The van der Waals surface area contributed by atoms with Crippen molar-refractivity contribution in [1.82, 2.24) is 5.32 Å². The van der Waals surface area contributed by atoms with E-state index < -0.39 is 0 Å². The van der Waals surface area contributed by atoms with E-state index in [0.29, 0.717) is 10.9 Å². The summed E-state index contributed by atoms with van der Waals surface area (Å²) in [5.74, 6) is 2.13. The largest absolute Gasteiger partial charge is 0.496 e. The van der Waals surface area contributed by atoms with Gasteiger partial charge >= 0.3 is 0 Å². The van der Waals surface area contributed by atoms with E-state index >= 15 is 0 Å². The minimum atomic E-state index is -0.197. The molecule has 22 heavy (non-hydrogen) atoms. The van der Waals surface area contributed by atoms with Crippen molar-refractivity contribution in [2.75, 3.05) is 19.4 Å². The van der Waals surface area contributed by atoms with Crippen molar-refractivity contribution >= 4 is 28.9 Å². The smallest absolute Gasteiger partial charge is 0.249 e. The summed E-state index contributed by atoms with van der Waals surface area (Å²) in [6.45, 7) is 4.69. The van der Waals surface area contributed by atoms with Crippen molar-refractivity contribution < 1.29 is 14.3 Å². The lowest BCUT2D eigenvalue weighted by Crippen LogP contribution is -2.25. The van der Waals surface area contributed by atoms with Crippen molar-refractivity contribution in [2.45, 2.75) is 20.0 Å². The molecule has 0 saturated heterocycles. The van der Waals surface area contributed by atoms with Crippen LogP contribution in [0.1, 0.15) is 19.4 Å². The number of amidine groups is 1. The first kappa shape index (κ1) is 16.4. The highest BCUT2D eigenvalue weighted by Gasteiger charge is 2.09. The van der Waals surface area contributed by atoms with Gasteiger partial charge in [-0.3, -0.25) is 9.79 Å². The third-order valence-corrected chi connectivity index (χ3v) is 3.70. The number of carbonyl (C=O) groups excluding carboxylic acids is 1. The van der Waals surface area contributed by atoms with Gasteiger partial charge in [-0.05, 0) is 32.1 Å². The van der Waals surface area contributed by atoms with Crippen LogP contribution in [0, 0.1) is 0 Å². The van der Waals surface area contributed by atoms with Gasteiger partial charge in [-0.15, -0.1) is 0 Å². The molecular formula is C16H20N2O3S. The molecule has 6 heteroatoms. The minimum Gasteiger partial charge on any atom is -0.496 e. The maximum absolute atomic E-state index is 11.8. The highest BCUT2D eigenvalue weighted by atomic mass is 32.2. The third kappa shape index (κ3) is 4.80. The lowest BCUT2D eigenvalue weighted by Gasteiger charge is -2.12. The Kier molecular flexibility index (Phi) is 5.89. The molecule has 0 aliphatic carbocycles. The van der Waals surface area contributed by atoms with E-state index in [0.717, 1.165) is 23.6 Å². The number of rotatable bonds is 5. The summed E-state index contributed by atoms with van der Waals surface area (Å²) < 4.78 is 11.0. The Morgan fingerprint density at radius 2 is 2.27 bits per heavy atom. The van der Waals surface area contributed by atoms with Crippen LogP contribution in [0.15, 0.2) is 29.3 Å². The van der Waals surface area contributed by atoms with Crippen molar-refractivity contribution in [3.8, 4) is 11.5 Å². The molecule has 0 fully saturated rings. The van der Waals surface area contributed by atoms with Crippen LogP contribution < -0.4 is 14.8 Å². The molecule has 1 aliphatic heterocycles. The highest BCUT2D eigenvalue weighted by molar-refractivity contribution is 8.14. The van der Waals surface area contributed by atoms with Gasteiger partial charge in [0.05, 0.1) is 19.8 Å². The van der Waals surface area contributed by atoms with Gasteiger partial charge in [0.1, 0.15) is 11.5 Å². The van der Waals surface area contributed by atoms with Gasteiger partial charge in [0, 0.05) is 23.5 Å². The number of methoxy groups -OCH3 is 1. The number of aliphatic imine (C=N–C) groups is 1. The molecule has 1 amide bonds. The highest BCUT2D eigenvalue weighted by Crippen LogP contribution is 2.26. The van der Waals surface area contributed by atoms with E-state index in [4.69, 9.17) is 9.47 Å². The molecule has 1 aliphatic rings. The molecule has 5 nitrogen and oxygen atoms in total. The third-order valence-electron chi connectivity index (χ3n) is 2.81. The number of hydrogen-bond acceptors (Lipinski definition) is 5. The van der Waals surface area contributed by atoms with Crippen LogP contribution in [0.4, 0.5) is 0 Å². The molecule has 118 valence electrons. The Morgan fingerprint density at radius 3 is 2.91 bits per heavy atom. The zero-order valence-corrected chi connectivity index (χ0v) is 13.8. The number of amides is 1. The zero-order valence-electron chi connectivity index (χ0n) is 13.0. The first-order chi connectivity index (χ1) is 10.6. The van der Waals surface area contributed by atoms with E-state index in [1.807, 2.05) is 32.0 Å². The fourth-order valence-corrected chi connectivity index (χ4v) is 2.63. The number of thioether (sulfide) groups is 1.